The second-order valence-corrected chi connectivity index (χ2v) is 6.23. The zero-order chi connectivity index (χ0) is 16.9. The smallest absolute Gasteiger partial charge is 0.328 e. The van der Waals surface area contributed by atoms with Gasteiger partial charge in [-0.25, -0.2) is 9.78 Å². The van der Waals surface area contributed by atoms with E-state index in [1.54, 1.807) is 12.3 Å². The Kier molecular flexibility index (Phi) is 5.30. The standard InChI is InChI=1S/C17H23N3O4/c21-16(20-9-10-24-12-14(20)17(22)23)13-5-6-15(18-11-13)19-7-3-1-2-4-8-19/h5-6,11,14H,1-4,7-10,12H2,(H,22,23)/t14-/m0/s1. The summed E-state index contributed by atoms with van der Waals surface area (Å²) in [6, 6.07) is 2.66. The van der Waals surface area contributed by atoms with Crippen LogP contribution in [0.4, 0.5) is 5.82 Å². The second-order valence-electron chi connectivity index (χ2n) is 6.23. The number of carbonyl (C=O) groups excluding carboxylic acids is 1. The number of rotatable bonds is 3. The quantitative estimate of drug-likeness (QED) is 0.900. The van der Waals surface area contributed by atoms with E-state index in [4.69, 9.17) is 4.74 Å². The van der Waals surface area contributed by atoms with Gasteiger partial charge in [0.1, 0.15) is 5.82 Å². The molecule has 0 aliphatic carbocycles. The van der Waals surface area contributed by atoms with E-state index in [0.717, 1.165) is 31.7 Å². The number of aliphatic carboxylic acids is 1. The van der Waals surface area contributed by atoms with Crippen LogP contribution in [0, 0.1) is 0 Å². The van der Waals surface area contributed by atoms with Crippen molar-refractivity contribution in [1.29, 1.82) is 0 Å². The Morgan fingerprint density at radius 3 is 2.50 bits per heavy atom. The molecule has 0 saturated carbocycles. The predicted molar refractivity (Wildman–Crippen MR) is 88.2 cm³/mol. The summed E-state index contributed by atoms with van der Waals surface area (Å²) in [5.74, 6) is -0.469. The molecule has 1 aromatic heterocycles. The minimum atomic E-state index is -1.04. The molecule has 2 aliphatic heterocycles. The van der Waals surface area contributed by atoms with Gasteiger partial charge in [0, 0.05) is 25.8 Å². The molecular weight excluding hydrogens is 310 g/mol. The minimum absolute atomic E-state index is 0.0281. The van der Waals surface area contributed by atoms with Gasteiger partial charge >= 0.3 is 5.97 Å². The van der Waals surface area contributed by atoms with E-state index >= 15 is 0 Å². The summed E-state index contributed by atoms with van der Waals surface area (Å²) in [5, 5.41) is 9.25. The molecule has 1 N–H and O–H groups in total. The average Bonchev–Trinajstić information content (AvgIpc) is 2.90. The highest BCUT2D eigenvalue weighted by Crippen LogP contribution is 2.19. The first-order chi connectivity index (χ1) is 11.7. The molecule has 3 heterocycles. The summed E-state index contributed by atoms with van der Waals surface area (Å²) in [6.45, 7) is 2.65. The van der Waals surface area contributed by atoms with Crippen molar-refractivity contribution in [3.05, 3.63) is 23.9 Å². The van der Waals surface area contributed by atoms with Gasteiger partial charge in [-0.3, -0.25) is 4.79 Å². The van der Waals surface area contributed by atoms with Crippen LogP contribution in [0.3, 0.4) is 0 Å². The Hall–Kier alpha value is -2.15. The molecule has 1 amide bonds. The largest absolute Gasteiger partial charge is 0.480 e. The molecule has 130 valence electrons. The van der Waals surface area contributed by atoms with E-state index < -0.39 is 12.0 Å². The molecule has 3 rings (SSSR count). The number of ether oxygens (including phenoxy) is 1. The van der Waals surface area contributed by atoms with Crippen molar-refractivity contribution in [2.24, 2.45) is 0 Å². The predicted octanol–water partition coefficient (Wildman–Crippen LogP) is 1.39. The van der Waals surface area contributed by atoms with E-state index in [1.165, 1.54) is 17.7 Å². The third kappa shape index (κ3) is 3.67. The molecule has 7 nitrogen and oxygen atoms in total. The third-order valence-corrected chi connectivity index (χ3v) is 4.60. The lowest BCUT2D eigenvalue weighted by Crippen LogP contribution is -2.52. The lowest BCUT2D eigenvalue weighted by molar-refractivity contribution is -0.147. The van der Waals surface area contributed by atoms with Crippen LogP contribution in [0.15, 0.2) is 18.3 Å². The van der Waals surface area contributed by atoms with E-state index in [9.17, 15) is 14.7 Å². The highest BCUT2D eigenvalue weighted by atomic mass is 16.5. The van der Waals surface area contributed by atoms with Gasteiger partial charge in [0.05, 0.1) is 18.8 Å². The number of carboxylic acids is 1. The Morgan fingerprint density at radius 2 is 1.88 bits per heavy atom. The number of pyridine rings is 1. The van der Waals surface area contributed by atoms with E-state index in [0.29, 0.717) is 12.2 Å². The number of hydrogen-bond acceptors (Lipinski definition) is 5. The molecule has 2 aliphatic rings. The molecule has 1 aromatic rings. The van der Waals surface area contributed by atoms with Crippen LogP contribution in [0.2, 0.25) is 0 Å². The van der Waals surface area contributed by atoms with Crippen molar-refractivity contribution in [3.8, 4) is 0 Å². The number of carbonyl (C=O) groups is 2. The number of carboxylic acid groups (broad SMARTS) is 1. The number of anilines is 1. The molecule has 2 fully saturated rings. The Bertz CT molecular complexity index is 582. The summed E-state index contributed by atoms with van der Waals surface area (Å²) in [6.07, 6.45) is 6.38. The monoisotopic (exact) mass is 333 g/mol. The molecule has 0 spiro atoms. The number of aromatic nitrogens is 1. The minimum Gasteiger partial charge on any atom is -0.480 e. The fourth-order valence-electron chi connectivity index (χ4n) is 3.22. The van der Waals surface area contributed by atoms with Gasteiger partial charge in [-0.1, -0.05) is 12.8 Å². The molecule has 0 aromatic carbocycles. The first-order valence-electron chi connectivity index (χ1n) is 8.49. The fourth-order valence-corrected chi connectivity index (χ4v) is 3.22. The SMILES string of the molecule is O=C(O)[C@@H]1COCCN1C(=O)c1ccc(N2CCCCCC2)nc1. The van der Waals surface area contributed by atoms with Crippen molar-refractivity contribution in [2.75, 3.05) is 37.7 Å². The first kappa shape index (κ1) is 16.7. The van der Waals surface area contributed by atoms with Crippen molar-refractivity contribution in [3.63, 3.8) is 0 Å². The van der Waals surface area contributed by atoms with Gasteiger partial charge in [-0.05, 0) is 25.0 Å². The lowest BCUT2D eigenvalue weighted by atomic mass is 10.1. The molecule has 1 atom stereocenters. The number of amides is 1. The maximum Gasteiger partial charge on any atom is 0.328 e. The van der Waals surface area contributed by atoms with Crippen LogP contribution in [-0.4, -0.2) is 65.8 Å². The molecule has 0 bridgehead atoms. The Balaban J connectivity index is 1.72. The highest BCUT2D eigenvalue weighted by Gasteiger charge is 2.33. The zero-order valence-corrected chi connectivity index (χ0v) is 13.7. The maximum atomic E-state index is 12.6. The maximum absolute atomic E-state index is 12.6. The highest BCUT2D eigenvalue weighted by molar-refractivity contribution is 5.96. The summed E-state index contributed by atoms with van der Waals surface area (Å²) in [4.78, 5) is 31.9. The van der Waals surface area contributed by atoms with Crippen LogP contribution < -0.4 is 4.90 Å². The third-order valence-electron chi connectivity index (χ3n) is 4.60. The van der Waals surface area contributed by atoms with Crippen LogP contribution in [0.5, 0.6) is 0 Å². The van der Waals surface area contributed by atoms with Crippen molar-refractivity contribution in [1.82, 2.24) is 9.88 Å². The van der Waals surface area contributed by atoms with Crippen molar-refractivity contribution < 1.29 is 19.4 Å². The van der Waals surface area contributed by atoms with Gasteiger partial charge in [0.25, 0.3) is 5.91 Å². The van der Waals surface area contributed by atoms with Gasteiger partial charge in [0.2, 0.25) is 0 Å². The fraction of sp³-hybridized carbons (Fsp3) is 0.588. The summed E-state index contributed by atoms with van der Waals surface area (Å²) in [5.41, 5.74) is 0.418. The van der Waals surface area contributed by atoms with Gasteiger partial charge in [-0.15, -0.1) is 0 Å². The van der Waals surface area contributed by atoms with Crippen LogP contribution in [0.1, 0.15) is 36.0 Å². The number of hydrogen-bond donors (Lipinski definition) is 1. The number of nitrogens with zero attached hydrogens (tertiary/aromatic N) is 3. The van der Waals surface area contributed by atoms with Gasteiger partial charge in [0.15, 0.2) is 6.04 Å². The molecule has 24 heavy (non-hydrogen) atoms. The molecule has 0 unspecified atom stereocenters. The van der Waals surface area contributed by atoms with Crippen molar-refractivity contribution in [2.45, 2.75) is 31.7 Å². The average molecular weight is 333 g/mol. The number of morpholine rings is 1. The Morgan fingerprint density at radius 1 is 1.12 bits per heavy atom. The first-order valence-corrected chi connectivity index (χ1v) is 8.49. The topological polar surface area (TPSA) is 83.0 Å². The van der Waals surface area contributed by atoms with E-state index in [2.05, 4.69) is 9.88 Å². The second kappa shape index (κ2) is 7.61. The van der Waals surface area contributed by atoms with Crippen LogP contribution in [0.25, 0.3) is 0 Å². The zero-order valence-electron chi connectivity index (χ0n) is 13.7. The van der Waals surface area contributed by atoms with E-state index in [-0.39, 0.29) is 19.1 Å². The molecular formula is C17H23N3O4. The van der Waals surface area contributed by atoms with Crippen LogP contribution in [-0.2, 0) is 9.53 Å². The van der Waals surface area contributed by atoms with Gasteiger partial charge in [-0.2, -0.15) is 0 Å². The summed E-state index contributed by atoms with van der Waals surface area (Å²) >= 11 is 0. The summed E-state index contributed by atoms with van der Waals surface area (Å²) < 4.78 is 5.17. The summed E-state index contributed by atoms with van der Waals surface area (Å²) in [7, 11) is 0. The van der Waals surface area contributed by atoms with Gasteiger partial charge < -0.3 is 19.6 Å². The molecule has 0 radical (unpaired) electrons. The molecule has 2 saturated heterocycles. The van der Waals surface area contributed by atoms with Crippen LogP contribution >= 0.6 is 0 Å². The molecule has 7 heteroatoms. The van der Waals surface area contributed by atoms with Crippen molar-refractivity contribution >= 4 is 17.7 Å². The van der Waals surface area contributed by atoms with E-state index in [1.807, 2.05) is 6.07 Å². The lowest BCUT2D eigenvalue weighted by Gasteiger charge is -2.32. The normalized spacial score (nSPS) is 22.1. The Labute approximate surface area is 141 Å².